The molecule has 0 spiro atoms. The molecule has 0 aliphatic rings. The van der Waals surface area contributed by atoms with E-state index in [0.717, 1.165) is 18.4 Å². The number of aryl methyl sites for hydroxylation is 1. The van der Waals surface area contributed by atoms with Crippen molar-refractivity contribution in [3.63, 3.8) is 0 Å². The lowest BCUT2D eigenvalue weighted by molar-refractivity contribution is 0.102. The predicted molar refractivity (Wildman–Crippen MR) is 126 cm³/mol. The second-order valence-electron chi connectivity index (χ2n) is 7.34. The van der Waals surface area contributed by atoms with Crippen molar-refractivity contribution in [1.29, 1.82) is 5.26 Å². The van der Waals surface area contributed by atoms with E-state index in [1.54, 1.807) is 30.7 Å². The zero-order valence-electron chi connectivity index (χ0n) is 18.0. The van der Waals surface area contributed by atoms with E-state index in [0.29, 0.717) is 28.1 Å². The van der Waals surface area contributed by atoms with Crippen LogP contribution in [-0.2, 0) is 6.42 Å². The highest BCUT2D eigenvalue weighted by Crippen LogP contribution is 2.30. The maximum Gasteiger partial charge on any atom is 0.278 e. The normalized spacial score (nSPS) is 10.4. The molecule has 0 aliphatic heterocycles. The first-order valence-corrected chi connectivity index (χ1v) is 10.4. The van der Waals surface area contributed by atoms with Gasteiger partial charge < -0.3 is 11.1 Å². The average molecular weight is 435 g/mol. The molecular formula is C25H21N7O. The van der Waals surface area contributed by atoms with Gasteiger partial charge in [0.1, 0.15) is 6.07 Å². The summed E-state index contributed by atoms with van der Waals surface area (Å²) in [6.45, 7) is 2.13. The van der Waals surface area contributed by atoms with Gasteiger partial charge in [-0.15, -0.1) is 0 Å². The van der Waals surface area contributed by atoms with Gasteiger partial charge in [-0.3, -0.25) is 14.8 Å². The summed E-state index contributed by atoms with van der Waals surface area (Å²) in [5, 5.41) is 12.2. The molecule has 3 N–H and O–H groups in total. The number of carbonyl (C=O) groups is 1. The summed E-state index contributed by atoms with van der Waals surface area (Å²) >= 11 is 0. The molecule has 4 rings (SSSR count). The van der Waals surface area contributed by atoms with Crippen molar-refractivity contribution in [2.24, 2.45) is 0 Å². The number of nitrogens with two attached hydrogens (primary N) is 1. The van der Waals surface area contributed by atoms with E-state index in [-0.39, 0.29) is 11.5 Å². The number of hydrogen-bond donors (Lipinski definition) is 2. The van der Waals surface area contributed by atoms with Gasteiger partial charge in [0.25, 0.3) is 5.91 Å². The van der Waals surface area contributed by atoms with E-state index in [9.17, 15) is 10.1 Å². The molecular weight excluding hydrogens is 414 g/mol. The van der Waals surface area contributed by atoms with E-state index in [2.05, 4.69) is 38.2 Å². The minimum atomic E-state index is -0.522. The molecule has 0 unspecified atom stereocenters. The molecule has 1 aromatic carbocycles. The first-order chi connectivity index (χ1) is 16.1. The Bertz CT molecular complexity index is 1340. The van der Waals surface area contributed by atoms with Crippen LogP contribution < -0.4 is 11.1 Å². The number of hydrogen-bond acceptors (Lipinski definition) is 7. The Hall–Kier alpha value is -4.64. The largest absolute Gasteiger partial charge is 0.382 e. The Morgan fingerprint density at radius 3 is 2.48 bits per heavy atom. The van der Waals surface area contributed by atoms with Gasteiger partial charge in [-0.25, -0.2) is 9.97 Å². The van der Waals surface area contributed by atoms with Gasteiger partial charge in [-0.2, -0.15) is 5.26 Å². The number of nitrogens with zero attached hydrogens (tertiary/aromatic N) is 5. The van der Waals surface area contributed by atoms with Gasteiger partial charge >= 0.3 is 0 Å². The molecule has 0 saturated heterocycles. The van der Waals surface area contributed by atoms with Crippen molar-refractivity contribution in [2.45, 2.75) is 19.8 Å². The molecule has 0 fully saturated rings. The number of aromatic nitrogens is 4. The second-order valence-corrected chi connectivity index (χ2v) is 7.34. The van der Waals surface area contributed by atoms with Gasteiger partial charge in [0, 0.05) is 35.3 Å². The Morgan fingerprint density at radius 2 is 1.76 bits per heavy atom. The van der Waals surface area contributed by atoms with Gasteiger partial charge in [-0.1, -0.05) is 37.6 Å². The number of nitrogens with one attached hydrogen (secondary N) is 1. The van der Waals surface area contributed by atoms with Crippen LogP contribution in [0.3, 0.4) is 0 Å². The summed E-state index contributed by atoms with van der Waals surface area (Å²) in [6.07, 6.45) is 9.77. The predicted octanol–water partition coefficient (Wildman–Crippen LogP) is 4.26. The quantitative estimate of drug-likeness (QED) is 0.463. The van der Waals surface area contributed by atoms with Crippen molar-refractivity contribution < 1.29 is 4.79 Å². The lowest BCUT2D eigenvalue weighted by Gasteiger charge is -2.12. The summed E-state index contributed by atoms with van der Waals surface area (Å²) in [5.74, 6) is -0.503. The van der Waals surface area contributed by atoms with E-state index >= 15 is 0 Å². The number of amides is 1. The fraction of sp³-hybridized carbons (Fsp3) is 0.120. The Labute approximate surface area is 191 Å². The fourth-order valence-corrected chi connectivity index (χ4v) is 3.46. The Morgan fingerprint density at radius 1 is 1.03 bits per heavy atom. The topological polar surface area (TPSA) is 130 Å². The molecule has 3 heterocycles. The van der Waals surface area contributed by atoms with Gasteiger partial charge in [0.15, 0.2) is 11.5 Å². The van der Waals surface area contributed by atoms with Crippen molar-refractivity contribution in [1.82, 2.24) is 19.9 Å². The van der Waals surface area contributed by atoms with Crippen LogP contribution in [0.15, 0.2) is 67.4 Å². The molecule has 8 nitrogen and oxygen atoms in total. The lowest BCUT2D eigenvalue weighted by atomic mass is 10.0. The monoisotopic (exact) mass is 435 g/mol. The smallest absolute Gasteiger partial charge is 0.278 e. The SMILES string of the molecule is CCCc1ccc(-c2cnc(N)c(C(=O)Nc3cnccc3-c3ccncc3C#N)n2)cc1. The van der Waals surface area contributed by atoms with Gasteiger partial charge in [0.2, 0.25) is 0 Å². The number of rotatable bonds is 6. The summed E-state index contributed by atoms with van der Waals surface area (Å²) < 4.78 is 0. The molecule has 0 atom stereocenters. The van der Waals surface area contributed by atoms with Crippen LogP contribution in [0.1, 0.15) is 35.0 Å². The number of nitriles is 1. The zero-order valence-corrected chi connectivity index (χ0v) is 18.0. The van der Waals surface area contributed by atoms with Crippen LogP contribution in [0, 0.1) is 11.3 Å². The van der Waals surface area contributed by atoms with Crippen LogP contribution in [0.5, 0.6) is 0 Å². The van der Waals surface area contributed by atoms with Gasteiger partial charge in [-0.05, 0) is 24.1 Å². The van der Waals surface area contributed by atoms with Crippen molar-refractivity contribution >= 4 is 17.4 Å². The van der Waals surface area contributed by atoms with Crippen LogP contribution in [0.2, 0.25) is 0 Å². The molecule has 1 amide bonds. The average Bonchev–Trinajstić information content (AvgIpc) is 2.85. The maximum absolute atomic E-state index is 13.1. The number of benzene rings is 1. The van der Waals surface area contributed by atoms with Crippen LogP contribution >= 0.6 is 0 Å². The highest BCUT2D eigenvalue weighted by atomic mass is 16.1. The van der Waals surface area contributed by atoms with E-state index in [1.807, 2.05) is 24.3 Å². The van der Waals surface area contributed by atoms with E-state index in [4.69, 9.17) is 5.73 Å². The van der Waals surface area contributed by atoms with Crippen molar-refractivity contribution in [2.75, 3.05) is 11.1 Å². The van der Waals surface area contributed by atoms with E-state index in [1.165, 1.54) is 18.0 Å². The molecule has 8 heteroatoms. The molecule has 0 bridgehead atoms. The third-order valence-corrected chi connectivity index (χ3v) is 5.11. The zero-order chi connectivity index (χ0) is 23.2. The first-order valence-electron chi connectivity index (χ1n) is 10.4. The molecule has 162 valence electrons. The minimum absolute atomic E-state index is 0.00942. The third-order valence-electron chi connectivity index (χ3n) is 5.11. The summed E-state index contributed by atoms with van der Waals surface area (Å²) in [7, 11) is 0. The summed E-state index contributed by atoms with van der Waals surface area (Å²) in [5.41, 5.74) is 10.7. The molecule has 4 aromatic rings. The first kappa shape index (κ1) is 21.6. The van der Waals surface area contributed by atoms with Crippen molar-refractivity contribution in [3.05, 3.63) is 84.2 Å². The molecule has 0 radical (unpaired) electrons. The lowest BCUT2D eigenvalue weighted by Crippen LogP contribution is -2.18. The fourth-order valence-electron chi connectivity index (χ4n) is 3.46. The van der Waals surface area contributed by atoms with Crippen LogP contribution in [0.25, 0.3) is 22.4 Å². The third kappa shape index (κ3) is 4.67. The Balaban J connectivity index is 1.65. The number of nitrogen functional groups attached to an aromatic ring is 1. The van der Waals surface area contributed by atoms with Gasteiger partial charge in [0.05, 0.1) is 29.3 Å². The molecule has 0 aliphatic carbocycles. The minimum Gasteiger partial charge on any atom is -0.382 e. The molecule has 33 heavy (non-hydrogen) atoms. The van der Waals surface area contributed by atoms with Crippen LogP contribution in [-0.4, -0.2) is 25.8 Å². The van der Waals surface area contributed by atoms with Crippen molar-refractivity contribution in [3.8, 4) is 28.5 Å². The number of anilines is 2. The standard InChI is InChI=1S/C25H21N7O/c1-2-3-16-4-6-17(7-5-16)21-15-30-24(27)23(31-21)25(33)32-22-14-29-11-9-20(22)19-8-10-28-13-18(19)12-26/h4-11,13-15H,2-3H2,1H3,(H2,27,30)(H,32,33). The molecule has 0 saturated carbocycles. The number of pyridine rings is 2. The highest BCUT2D eigenvalue weighted by molar-refractivity contribution is 6.07. The number of carbonyl (C=O) groups excluding carboxylic acids is 1. The molecule has 3 aromatic heterocycles. The second kappa shape index (κ2) is 9.66. The Kier molecular flexibility index (Phi) is 6.32. The van der Waals surface area contributed by atoms with E-state index < -0.39 is 5.91 Å². The highest BCUT2D eigenvalue weighted by Gasteiger charge is 2.18. The van der Waals surface area contributed by atoms with Crippen LogP contribution in [0.4, 0.5) is 11.5 Å². The summed E-state index contributed by atoms with van der Waals surface area (Å²) in [4.78, 5) is 29.8. The summed E-state index contributed by atoms with van der Waals surface area (Å²) in [6, 6.07) is 13.5. The maximum atomic E-state index is 13.1.